The van der Waals surface area contributed by atoms with E-state index in [-0.39, 0.29) is 17.8 Å². The van der Waals surface area contributed by atoms with Gasteiger partial charge in [-0.25, -0.2) is 4.39 Å². The van der Waals surface area contributed by atoms with E-state index in [1.165, 1.54) is 25.0 Å². The molecule has 0 radical (unpaired) electrons. The van der Waals surface area contributed by atoms with E-state index in [1.54, 1.807) is 6.07 Å². The van der Waals surface area contributed by atoms with Crippen LogP contribution in [0.2, 0.25) is 0 Å². The van der Waals surface area contributed by atoms with Crippen molar-refractivity contribution in [3.05, 3.63) is 35.6 Å². The molecule has 1 fully saturated rings. The smallest absolute Gasteiger partial charge is 0.234 e. The first-order valence-electron chi connectivity index (χ1n) is 6.40. The Morgan fingerprint density at radius 3 is 2.94 bits per heavy atom. The molecule has 0 bridgehead atoms. The quantitative estimate of drug-likeness (QED) is 0.811. The topological polar surface area (TPSA) is 41.1 Å². The second kappa shape index (κ2) is 5.96. The SMILES string of the molecule is CC(NC(=O)CNCC1CC1)c1cccc(F)c1. The summed E-state index contributed by atoms with van der Waals surface area (Å²) >= 11 is 0. The Labute approximate surface area is 107 Å². The van der Waals surface area contributed by atoms with Crippen molar-refractivity contribution < 1.29 is 9.18 Å². The molecular weight excluding hydrogens is 231 g/mol. The molecule has 0 aliphatic heterocycles. The zero-order valence-corrected chi connectivity index (χ0v) is 10.6. The molecule has 18 heavy (non-hydrogen) atoms. The zero-order valence-electron chi connectivity index (χ0n) is 10.6. The van der Waals surface area contributed by atoms with Gasteiger partial charge in [0, 0.05) is 0 Å². The van der Waals surface area contributed by atoms with Crippen molar-refractivity contribution in [1.82, 2.24) is 10.6 Å². The van der Waals surface area contributed by atoms with Gasteiger partial charge in [-0.15, -0.1) is 0 Å². The summed E-state index contributed by atoms with van der Waals surface area (Å²) in [5, 5.41) is 5.98. The van der Waals surface area contributed by atoms with Gasteiger partial charge in [-0.1, -0.05) is 12.1 Å². The molecule has 98 valence electrons. The van der Waals surface area contributed by atoms with Crippen molar-refractivity contribution in [2.45, 2.75) is 25.8 Å². The summed E-state index contributed by atoms with van der Waals surface area (Å²) in [4.78, 5) is 11.6. The van der Waals surface area contributed by atoms with E-state index in [0.29, 0.717) is 6.54 Å². The van der Waals surface area contributed by atoms with E-state index in [1.807, 2.05) is 13.0 Å². The van der Waals surface area contributed by atoms with Crippen LogP contribution in [0.3, 0.4) is 0 Å². The van der Waals surface area contributed by atoms with Gasteiger partial charge in [-0.05, 0) is 49.9 Å². The highest BCUT2D eigenvalue weighted by molar-refractivity contribution is 5.78. The Balaban J connectivity index is 1.75. The lowest BCUT2D eigenvalue weighted by Gasteiger charge is -2.14. The summed E-state index contributed by atoms with van der Waals surface area (Å²) in [6.07, 6.45) is 2.54. The average Bonchev–Trinajstić information content (AvgIpc) is 3.13. The molecule has 1 amide bonds. The number of hydrogen-bond donors (Lipinski definition) is 2. The lowest BCUT2D eigenvalue weighted by atomic mass is 10.1. The van der Waals surface area contributed by atoms with Crippen molar-refractivity contribution in [3.63, 3.8) is 0 Å². The number of carbonyl (C=O) groups excluding carboxylic acids is 1. The van der Waals surface area contributed by atoms with Crippen LogP contribution in [0.15, 0.2) is 24.3 Å². The fraction of sp³-hybridized carbons (Fsp3) is 0.500. The van der Waals surface area contributed by atoms with E-state index in [4.69, 9.17) is 0 Å². The highest BCUT2D eigenvalue weighted by Crippen LogP contribution is 2.27. The van der Waals surface area contributed by atoms with E-state index in [0.717, 1.165) is 18.0 Å². The number of carbonyl (C=O) groups is 1. The molecule has 0 heterocycles. The maximum atomic E-state index is 13.0. The fourth-order valence-corrected chi connectivity index (χ4v) is 1.86. The van der Waals surface area contributed by atoms with Crippen LogP contribution < -0.4 is 10.6 Å². The van der Waals surface area contributed by atoms with Gasteiger partial charge in [-0.3, -0.25) is 4.79 Å². The van der Waals surface area contributed by atoms with Gasteiger partial charge in [0.2, 0.25) is 5.91 Å². The summed E-state index contributed by atoms with van der Waals surface area (Å²) in [6.45, 7) is 3.10. The number of nitrogens with one attached hydrogen (secondary N) is 2. The Morgan fingerprint density at radius 1 is 1.50 bits per heavy atom. The Kier molecular flexibility index (Phi) is 4.31. The second-order valence-corrected chi connectivity index (χ2v) is 4.92. The predicted molar refractivity (Wildman–Crippen MR) is 68.6 cm³/mol. The van der Waals surface area contributed by atoms with Crippen LogP contribution in [0.1, 0.15) is 31.4 Å². The molecule has 1 aromatic carbocycles. The monoisotopic (exact) mass is 250 g/mol. The van der Waals surface area contributed by atoms with Gasteiger partial charge in [0.05, 0.1) is 12.6 Å². The highest BCUT2D eigenvalue weighted by atomic mass is 19.1. The lowest BCUT2D eigenvalue weighted by molar-refractivity contribution is -0.120. The zero-order chi connectivity index (χ0) is 13.0. The molecule has 1 unspecified atom stereocenters. The second-order valence-electron chi connectivity index (χ2n) is 4.92. The first-order valence-corrected chi connectivity index (χ1v) is 6.40. The molecule has 0 aromatic heterocycles. The minimum absolute atomic E-state index is 0.0487. The van der Waals surface area contributed by atoms with Gasteiger partial charge in [0.15, 0.2) is 0 Å². The van der Waals surface area contributed by atoms with Crippen LogP contribution in [0.25, 0.3) is 0 Å². The van der Waals surface area contributed by atoms with Crippen molar-refractivity contribution in [1.29, 1.82) is 0 Å². The van der Waals surface area contributed by atoms with Crippen LogP contribution in [0, 0.1) is 11.7 Å². The summed E-state index contributed by atoms with van der Waals surface area (Å²) in [5.74, 6) is 0.436. The number of benzene rings is 1. The molecule has 1 aromatic rings. The molecular formula is C14H19FN2O. The van der Waals surface area contributed by atoms with E-state index in [9.17, 15) is 9.18 Å². The minimum Gasteiger partial charge on any atom is -0.348 e. The van der Waals surface area contributed by atoms with E-state index in [2.05, 4.69) is 10.6 Å². The fourth-order valence-electron chi connectivity index (χ4n) is 1.86. The molecule has 1 atom stereocenters. The Hall–Kier alpha value is -1.42. The van der Waals surface area contributed by atoms with Gasteiger partial charge in [0.1, 0.15) is 5.82 Å². The van der Waals surface area contributed by atoms with Gasteiger partial charge in [-0.2, -0.15) is 0 Å². The van der Waals surface area contributed by atoms with Crippen LogP contribution in [-0.2, 0) is 4.79 Å². The molecule has 1 aliphatic rings. The van der Waals surface area contributed by atoms with Crippen LogP contribution in [0.5, 0.6) is 0 Å². The van der Waals surface area contributed by atoms with Crippen molar-refractivity contribution in [2.75, 3.05) is 13.1 Å². The first kappa shape index (κ1) is 13.0. The molecule has 2 N–H and O–H groups in total. The third-order valence-corrected chi connectivity index (χ3v) is 3.14. The number of hydrogen-bond acceptors (Lipinski definition) is 2. The lowest BCUT2D eigenvalue weighted by Crippen LogP contribution is -2.36. The van der Waals surface area contributed by atoms with Crippen molar-refractivity contribution >= 4 is 5.91 Å². The standard InChI is InChI=1S/C14H19FN2O/c1-10(12-3-2-4-13(15)7-12)17-14(18)9-16-8-11-5-6-11/h2-4,7,10-11,16H,5-6,8-9H2,1H3,(H,17,18). The van der Waals surface area contributed by atoms with Gasteiger partial charge in [0.25, 0.3) is 0 Å². The molecule has 2 rings (SSSR count). The summed E-state index contributed by atoms with van der Waals surface area (Å²) in [6, 6.07) is 6.14. The maximum absolute atomic E-state index is 13.0. The predicted octanol–water partition coefficient (Wildman–Crippen LogP) is 2.00. The molecule has 4 heteroatoms. The first-order chi connectivity index (χ1) is 8.65. The molecule has 1 saturated carbocycles. The van der Waals surface area contributed by atoms with E-state index < -0.39 is 0 Å². The Bertz CT molecular complexity index is 418. The third-order valence-electron chi connectivity index (χ3n) is 3.14. The normalized spacial score (nSPS) is 16.3. The molecule has 0 spiro atoms. The minimum atomic E-state index is -0.277. The Morgan fingerprint density at radius 2 is 2.28 bits per heavy atom. The number of rotatable bonds is 6. The van der Waals surface area contributed by atoms with Crippen molar-refractivity contribution in [3.8, 4) is 0 Å². The van der Waals surface area contributed by atoms with Gasteiger partial charge >= 0.3 is 0 Å². The molecule has 1 aliphatic carbocycles. The van der Waals surface area contributed by atoms with Gasteiger partial charge < -0.3 is 10.6 Å². The highest BCUT2D eigenvalue weighted by Gasteiger charge is 2.20. The molecule has 3 nitrogen and oxygen atoms in total. The van der Waals surface area contributed by atoms with Crippen molar-refractivity contribution in [2.24, 2.45) is 5.92 Å². The van der Waals surface area contributed by atoms with Crippen LogP contribution in [0.4, 0.5) is 4.39 Å². The largest absolute Gasteiger partial charge is 0.348 e. The number of halogens is 1. The summed E-state index contributed by atoms with van der Waals surface area (Å²) in [7, 11) is 0. The maximum Gasteiger partial charge on any atom is 0.234 e. The number of amides is 1. The summed E-state index contributed by atoms with van der Waals surface area (Å²) in [5.41, 5.74) is 0.783. The van der Waals surface area contributed by atoms with Crippen LogP contribution >= 0.6 is 0 Å². The van der Waals surface area contributed by atoms with E-state index >= 15 is 0 Å². The molecule has 0 saturated heterocycles. The van der Waals surface area contributed by atoms with Crippen LogP contribution in [-0.4, -0.2) is 19.0 Å². The summed E-state index contributed by atoms with van der Waals surface area (Å²) < 4.78 is 13.0. The third kappa shape index (κ3) is 4.11. The average molecular weight is 250 g/mol.